The first-order chi connectivity index (χ1) is 10.5. The lowest BCUT2D eigenvalue weighted by atomic mass is 10.2. The normalized spacial score (nSPS) is 19.0. The zero-order valence-corrected chi connectivity index (χ0v) is 11.8. The highest BCUT2D eigenvalue weighted by atomic mass is 32.2. The van der Waals surface area contributed by atoms with E-state index in [0.29, 0.717) is 5.56 Å². The van der Waals surface area contributed by atoms with Crippen molar-refractivity contribution in [2.24, 2.45) is 0 Å². The molecule has 1 heterocycles. The molecule has 1 N–H and O–H groups in total. The van der Waals surface area contributed by atoms with Crippen LogP contribution in [0.5, 0.6) is 0 Å². The maximum atomic E-state index is 12.6. The molecule has 8 nitrogen and oxygen atoms in total. The molecular formula is C13H10N2O6S. The first kappa shape index (κ1) is 14.4. The zero-order valence-electron chi connectivity index (χ0n) is 11.0. The van der Waals surface area contributed by atoms with Crippen LogP contribution in [-0.4, -0.2) is 18.6 Å². The third-order valence-corrected chi connectivity index (χ3v) is 5.20. The summed E-state index contributed by atoms with van der Waals surface area (Å²) in [6.45, 7) is 0. The Morgan fingerprint density at radius 3 is 2.36 bits per heavy atom. The maximum Gasteiger partial charge on any atom is 0.269 e. The van der Waals surface area contributed by atoms with E-state index < -0.39 is 21.2 Å². The van der Waals surface area contributed by atoms with Crippen molar-refractivity contribution in [3.8, 4) is 0 Å². The van der Waals surface area contributed by atoms with E-state index in [1.54, 1.807) is 12.1 Å². The van der Waals surface area contributed by atoms with Gasteiger partial charge >= 0.3 is 0 Å². The molecule has 0 spiro atoms. The van der Waals surface area contributed by atoms with Gasteiger partial charge in [0.15, 0.2) is 0 Å². The van der Waals surface area contributed by atoms with Crippen LogP contribution in [0.15, 0.2) is 53.4 Å². The summed E-state index contributed by atoms with van der Waals surface area (Å²) in [5.41, 5.74) is 0.281. The molecule has 0 aliphatic carbocycles. The van der Waals surface area contributed by atoms with Crippen LogP contribution in [-0.2, 0) is 14.9 Å². The second-order valence-electron chi connectivity index (χ2n) is 4.57. The van der Waals surface area contributed by atoms with Gasteiger partial charge in [0.05, 0.1) is 15.5 Å². The average Bonchev–Trinajstić information content (AvgIpc) is 2.75. The van der Waals surface area contributed by atoms with Gasteiger partial charge in [0.2, 0.25) is 6.23 Å². The number of nitrogens with zero attached hydrogens (tertiary/aromatic N) is 2. The first-order valence-corrected chi connectivity index (χ1v) is 7.59. The highest BCUT2D eigenvalue weighted by molar-refractivity contribution is 7.93. The number of hydrogen-bond donors (Lipinski definition) is 1. The fourth-order valence-electron chi connectivity index (χ4n) is 2.37. The number of non-ortho nitro benzene ring substituents is 1. The summed E-state index contributed by atoms with van der Waals surface area (Å²) in [4.78, 5) is 14.4. The van der Waals surface area contributed by atoms with Crippen LogP contribution in [0.3, 0.4) is 0 Å². The van der Waals surface area contributed by atoms with Crippen molar-refractivity contribution in [3.63, 3.8) is 0 Å². The van der Waals surface area contributed by atoms with E-state index in [9.17, 15) is 18.5 Å². The summed E-state index contributed by atoms with van der Waals surface area (Å²) in [6, 6.07) is 11.1. The van der Waals surface area contributed by atoms with E-state index in [1.165, 1.54) is 36.4 Å². The molecule has 9 heteroatoms. The minimum Gasteiger partial charge on any atom is -0.258 e. The molecule has 1 aliphatic rings. The van der Waals surface area contributed by atoms with E-state index in [2.05, 4.69) is 4.89 Å². The third-order valence-electron chi connectivity index (χ3n) is 3.35. The Morgan fingerprint density at radius 2 is 1.77 bits per heavy atom. The monoisotopic (exact) mass is 322 g/mol. The topological polar surface area (TPSA) is 110 Å². The summed E-state index contributed by atoms with van der Waals surface area (Å²) in [5.74, 6) is 0. The van der Waals surface area contributed by atoms with Gasteiger partial charge < -0.3 is 0 Å². The Bertz CT molecular complexity index is 834. The highest BCUT2D eigenvalue weighted by Gasteiger charge is 2.44. The maximum absolute atomic E-state index is 12.6. The van der Waals surface area contributed by atoms with Gasteiger partial charge in [-0.3, -0.25) is 10.1 Å². The fourth-order valence-corrected chi connectivity index (χ4v) is 4.11. The van der Waals surface area contributed by atoms with E-state index in [4.69, 9.17) is 5.26 Å². The molecule has 1 atom stereocenters. The molecule has 2 aromatic rings. The summed E-state index contributed by atoms with van der Waals surface area (Å²) in [6.07, 6.45) is -1.23. The van der Waals surface area contributed by atoms with Crippen LogP contribution >= 0.6 is 0 Å². The standard InChI is InChI=1S/C13H10N2O6S/c16-15(17)10-7-5-9(6-8-10)14-13(21-18)11-3-1-2-4-12(11)22(14,19)20/h1-8,13,18H/t13-/m1/s1. The van der Waals surface area contributed by atoms with Crippen LogP contribution in [0.2, 0.25) is 0 Å². The SMILES string of the molecule is O=[N+]([O-])c1ccc(N2[C@H](OO)c3ccccc3S2(=O)=O)cc1. The van der Waals surface area contributed by atoms with Gasteiger partial charge in [0.1, 0.15) is 0 Å². The van der Waals surface area contributed by atoms with Crippen molar-refractivity contribution in [1.82, 2.24) is 0 Å². The molecule has 1 aliphatic heterocycles. The molecular weight excluding hydrogens is 312 g/mol. The molecule has 0 aromatic heterocycles. The van der Waals surface area contributed by atoms with Crippen LogP contribution in [0.1, 0.15) is 11.8 Å². The molecule has 3 rings (SSSR count). The Kier molecular flexibility index (Phi) is 3.32. The molecule has 0 bridgehead atoms. The fraction of sp³-hybridized carbons (Fsp3) is 0.0769. The predicted octanol–water partition coefficient (Wildman–Crippen LogP) is 2.29. The third kappa shape index (κ3) is 2.03. The van der Waals surface area contributed by atoms with Crippen molar-refractivity contribution in [2.75, 3.05) is 4.31 Å². The molecule has 22 heavy (non-hydrogen) atoms. The molecule has 0 radical (unpaired) electrons. The van der Waals surface area contributed by atoms with Crippen molar-refractivity contribution < 1.29 is 23.5 Å². The molecule has 0 unspecified atom stereocenters. The van der Waals surface area contributed by atoms with Crippen molar-refractivity contribution >= 4 is 21.4 Å². The van der Waals surface area contributed by atoms with Gasteiger partial charge in [-0.25, -0.2) is 22.9 Å². The molecule has 0 fully saturated rings. The molecule has 0 amide bonds. The number of sulfonamides is 1. The average molecular weight is 322 g/mol. The minimum atomic E-state index is -3.92. The first-order valence-electron chi connectivity index (χ1n) is 6.15. The number of anilines is 1. The van der Waals surface area contributed by atoms with Crippen LogP contribution in [0.25, 0.3) is 0 Å². The summed E-state index contributed by atoms with van der Waals surface area (Å²) < 4.78 is 26.0. The zero-order chi connectivity index (χ0) is 15.9. The number of fused-ring (bicyclic) bond motifs is 1. The van der Waals surface area contributed by atoms with Gasteiger partial charge in [-0.05, 0) is 18.2 Å². The van der Waals surface area contributed by atoms with Crippen molar-refractivity contribution in [1.29, 1.82) is 0 Å². The van der Waals surface area contributed by atoms with Crippen molar-refractivity contribution in [3.05, 3.63) is 64.2 Å². The van der Waals surface area contributed by atoms with Crippen LogP contribution in [0, 0.1) is 10.1 Å². The van der Waals surface area contributed by atoms with Gasteiger partial charge in [-0.15, -0.1) is 0 Å². The van der Waals surface area contributed by atoms with Crippen LogP contribution < -0.4 is 4.31 Å². The van der Waals surface area contributed by atoms with Gasteiger partial charge in [0.25, 0.3) is 15.7 Å². The quantitative estimate of drug-likeness (QED) is 0.527. The molecule has 0 saturated carbocycles. The number of rotatable bonds is 3. The second kappa shape index (κ2) is 5.05. The summed E-state index contributed by atoms with van der Waals surface area (Å²) >= 11 is 0. The summed E-state index contributed by atoms with van der Waals surface area (Å²) in [5, 5.41) is 19.8. The second-order valence-corrected chi connectivity index (χ2v) is 6.35. The number of nitro benzene ring substituents is 1. The predicted molar refractivity (Wildman–Crippen MR) is 75.7 cm³/mol. The summed E-state index contributed by atoms with van der Waals surface area (Å²) in [7, 11) is -3.92. The van der Waals surface area contributed by atoms with Gasteiger partial charge in [-0.2, -0.15) is 0 Å². The van der Waals surface area contributed by atoms with E-state index in [-0.39, 0.29) is 16.3 Å². The van der Waals surface area contributed by atoms with Gasteiger partial charge in [-0.1, -0.05) is 18.2 Å². The lowest BCUT2D eigenvalue weighted by Gasteiger charge is -2.22. The number of nitro groups is 1. The number of hydrogen-bond acceptors (Lipinski definition) is 6. The minimum absolute atomic E-state index is 0.0207. The Morgan fingerprint density at radius 1 is 1.14 bits per heavy atom. The Labute approximate surface area is 125 Å². The van der Waals surface area contributed by atoms with Gasteiger partial charge in [0, 0.05) is 17.7 Å². The van der Waals surface area contributed by atoms with E-state index in [0.717, 1.165) is 4.31 Å². The Hall–Kier alpha value is -2.49. The highest BCUT2D eigenvalue weighted by Crippen LogP contribution is 2.42. The largest absolute Gasteiger partial charge is 0.269 e. The van der Waals surface area contributed by atoms with E-state index >= 15 is 0 Å². The lowest BCUT2D eigenvalue weighted by Crippen LogP contribution is -2.29. The van der Waals surface area contributed by atoms with E-state index in [1.807, 2.05) is 0 Å². The number of benzene rings is 2. The smallest absolute Gasteiger partial charge is 0.258 e. The molecule has 2 aromatic carbocycles. The Balaban J connectivity index is 2.13. The molecule has 114 valence electrons. The van der Waals surface area contributed by atoms with Crippen molar-refractivity contribution in [2.45, 2.75) is 11.1 Å². The molecule has 0 saturated heterocycles. The van der Waals surface area contributed by atoms with Crippen LogP contribution in [0.4, 0.5) is 11.4 Å². The lowest BCUT2D eigenvalue weighted by molar-refractivity contribution is -0.384.